The van der Waals surface area contributed by atoms with E-state index in [0.717, 1.165) is 17.7 Å². The number of hydrogen-bond acceptors (Lipinski definition) is 8. The van der Waals surface area contributed by atoms with E-state index in [-0.39, 0.29) is 29.4 Å². The van der Waals surface area contributed by atoms with E-state index in [4.69, 9.17) is 0 Å². The SMILES string of the molecule is O=S(=O)(c1ccc(F)c(-c2nn[nH]n2)c1)N1CCN(c2cc(-n3cccc3)ncn2)CC1. The number of anilines is 1. The predicted molar refractivity (Wildman–Crippen MR) is 112 cm³/mol. The first-order valence-corrected chi connectivity index (χ1v) is 11.2. The lowest BCUT2D eigenvalue weighted by atomic mass is 10.2. The van der Waals surface area contributed by atoms with Gasteiger partial charge in [0.25, 0.3) is 0 Å². The lowest BCUT2D eigenvalue weighted by Crippen LogP contribution is -2.49. The van der Waals surface area contributed by atoms with Crippen LogP contribution in [0.15, 0.2) is 60.0 Å². The number of sulfonamides is 1. The van der Waals surface area contributed by atoms with Gasteiger partial charge in [-0.15, -0.1) is 10.2 Å². The zero-order chi connectivity index (χ0) is 22.1. The lowest BCUT2D eigenvalue weighted by Gasteiger charge is -2.34. The smallest absolute Gasteiger partial charge is 0.243 e. The zero-order valence-corrected chi connectivity index (χ0v) is 17.5. The quantitative estimate of drug-likeness (QED) is 0.474. The third-order valence-corrected chi connectivity index (χ3v) is 7.13. The molecular formula is C19H18FN9O2S. The van der Waals surface area contributed by atoms with E-state index in [1.807, 2.05) is 40.1 Å². The second-order valence-electron chi connectivity index (χ2n) is 7.09. The zero-order valence-electron chi connectivity index (χ0n) is 16.7. The topological polar surface area (TPSA) is 126 Å². The Bertz CT molecular complexity index is 1320. The molecule has 1 aromatic carbocycles. The summed E-state index contributed by atoms with van der Waals surface area (Å²) in [6.07, 6.45) is 5.27. The van der Waals surface area contributed by atoms with Gasteiger partial charge < -0.3 is 9.47 Å². The summed E-state index contributed by atoms with van der Waals surface area (Å²) < 4.78 is 43.8. The standard InChI is InChI=1S/C19H18FN9O2S/c20-16-4-3-14(11-15(16)19-23-25-26-24-19)32(30,31)29-9-7-28(8-10-29)18-12-17(21-13-22-18)27-5-1-2-6-27/h1-6,11-13H,7-10H2,(H,23,24,25,26). The van der Waals surface area contributed by atoms with Crippen LogP contribution in [0, 0.1) is 5.82 Å². The van der Waals surface area contributed by atoms with Crippen molar-refractivity contribution < 1.29 is 12.8 Å². The van der Waals surface area contributed by atoms with E-state index >= 15 is 0 Å². The molecule has 1 aliphatic rings. The first kappa shape index (κ1) is 20.2. The highest BCUT2D eigenvalue weighted by atomic mass is 32.2. The van der Waals surface area contributed by atoms with Crippen LogP contribution < -0.4 is 4.90 Å². The molecule has 4 aromatic rings. The summed E-state index contributed by atoms with van der Waals surface area (Å²) in [6, 6.07) is 9.25. The maximum absolute atomic E-state index is 14.2. The van der Waals surface area contributed by atoms with Crippen LogP contribution in [0.2, 0.25) is 0 Å². The largest absolute Gasteiger partial charge is 0.354 e. The number of nitrogens with one attached hydrogen (secondary N) is 1. The molecule has 1 N–H and O–H groups in total. The fourth-order valence-electron chi connectivity index (χ4n) is 3.56. The van der Waals surface area contributed by atoms with Gasteiger partial charge in [0, 0.05) is 44.6 Å². The molecule has 0 amide bonds. The van der Waals surface area contributed by atoms with Gasteiger partial charge in [-0.2, -0.15) is 9.52 Å². The molecule has 5 rings (SSSR count). The van der Waals surface area contributed by atoms with Crippen LogP contribution >= 0.6 is 0 Å². The Morgan fingerprint density at radius 1 is 0.969 bits per heavy atom. The summed E-state index contributed by atoms with van der Waals surface area (Å²) in [4.78, 5) is 10.6. The van der Waals surface area contributed by atoms with Crippen LogP contribution in [0.5, 0.6) is 0 Å². The Morgan fingerprint density at radius 2 is 1.72 bits per heavy atom. The molecule has 3 aromatic heterocycles. The minimum absolute atomic E-state index is 0.00775. The predicted octanol–water partition coefficient (Wildman–Crippen LogP) is 1.10. The number of benzene rings is 1. The number of tetrazole rings is 1. The van der Waals surface area contributed by atoms with Gasteiger partial charge in [0.05, 0.1) is 10.5 Å². The second kappa shape index (κ2) is 8.09. The molecule has 0 aliphatic carbocycles. The van der Waals surface area contributed by atoms with E-state index in [2.05, 4.69) is 30.6 Å². The van der Waals surface area contributed by atoms with E-state index in [1.165, 1.54) is 22.8 Å². The monoisotopic (exact) mass is 455 g/mol. The van der Waals surface area contributed by atoms with Crippen LogP contribution in [0.3, 0.4) is 0 Å². The average Bonchev–Trinajstić information content (AvgIpc) is 3.54. The molecule has 0 unspecified atom stereocenters. The molecule has 0 radical (unpaired) electrons. The minimum atomic E-state index is -3.82. The van der Waals surface area contributed by atoms with Crippen molar-refractivity contribution in [3.8, 4) is 17.2 Å². The number of hydrogen-bond donors (Lipinski definition) is 1. The molecule has 1 saturated heterocycles. The average molecular weight is 455 g/mol. The molecular weight excluding hydrogens is 437 g/mol. The summed E-state index contributed by atoms with van der Waals surface area (Å²) in [5.41, 5.74) is -0.0306. The van der Waals surface area contributed by atoms with Crippen molar-refractivity contribution >= 4 is 15.8 Å². The Hall–Kier alpha value is -3.71. The van der Waals surface area contributed by atoms with Gasteiger partial charge in [0.1, 0.15) is 23.8 Å². The van der Waals surface area contributed by atoms with Gasteiger partial charge in [0.15, 0.2) is 0 Å². The maximum atomic E-state index is 14.2. The number of rotatable bonds is 5. The van der Waals surface area contributed by atoms with Gasteiger partial charge in [-0.25, -0.2) is 22.8 Å². The summed E-state index contributed by atoms with van der Waals surface area (Å²) in [6.45, 7) is 1.45. The molecule has 11 nitrogen and oxygen atoms in total. The van der Waals surface area contributed by atoms with E-state index in [0.29, 0.717) is 13.1 Å². The molecule has 0 atom stereocenters. The van der Waals surface area contributed by atoms with E-state index in [1.54, 1.807) is 0 Å². The molecule has 0 spiro atoms. The van der Waals surface area contributed by atoms with Crippen LogP contribution in [-0.4, -0.2) is 74.1 Å². The number of piperazine rings is 1. The Morgan fingerprint density at radius 3 is 2.44 bits per heavy atom. The number of aromatic nitrogens is 7. The Kier molecular flexibility index (Phi) is 5.11. The van der Waals surface area contributed by atoms with Gasteiger partial charge in [-0.1, -0.05) is 0 Å². The molecule has 32 heavy (non-hydrogen) atoms. The van der Waals surface area contributed by atoms with Crippen LogP contribution in [0.1, 0.15) is 0 Å². The first-order valence-electron chi connectivity index (χ1n) is 9.76. The molecule has 4 heterocycles. The lowest BCUT2D eigenvalue weighted by molar-refractivity contribution is 0.383. The van der Waals surface area contributed by atoms with Gasteiger partial charge in [0.2, 0.25) is 15.8 Å². The van der Waals surface area contributed by atoms with Crippen molar-refractivity contribution in [2.45, 2.75) is 4.90 Å². The molecule has 1 aliphatic heterocycles. The fraction of sp³-hybridized carbons (Fsp3) is 0.211. The van der Waals surface area contributed by atoms with E-state index in [9.17, 15) is 12.8 Å². The highest BCUT2D eigenvalue weighted by molar-refractivity contribution is 7.89. The summed E-state index contributed by atoms with van der Waals surface area (Å²) in [5.74, 6) is 0.821. The van der Waals surface area contributed by atoms with Crippen molar-refractivity contribution in [3.05, 3.63) is 60.9 Å². The van der Waals surface area contributed by atoms with Crippen LogP contribution in [0.4, 0.5) is 10.2 Å². The van der Waals surface area contributed by atoms with Crippen molar-refractivity contribution in [1.82, 2.24) is 39.5 Å². The van der Waals surface area contributed by atoms with Gasteiger partial charge in [-0.3, -0.25) is 0 Å². The highest BCUT2D eigenvalue weighted by Crippen LogP contribution is 2.26. The van der Waals surface area contributed by atoms with Gasteiger partial charge >= 0.3 is 0 Å². The number of aromatic amines is 1. The Labute approximate surface area is 182 Å². The van der Waals surface area contributed by atoms with Crippen LogP contribution in [-0.2, 0) is 10.0 Å². The van der Waals surface area contributed by atoms with Gasteiger partial charge in [-0.05, 0) is 35.5 Å². The second-order valence-corrected chi connectivity index (χ2v) is 9.03. The molecule has 1 fully saturated rings. The number of H-pyrrole nitrogens is 1. The summed E-state index contributed by atoms with van der Waals surface area (Å²) in [7, 11) is -3.82. The fourth-order valence-corrected chi connectivity index (χ4v) is 5.01. The van der Waals surface area contributed by atoms with Crippen LogP contribution in [0.25, 0.3) is 17.2 Å². The maximum Gasteiger partial charge on any atom is 0.243 e. The normalized spacial score (nSPS) is 15.2. The number of halogens is 1. The molecule has 13 heteroatoms. The first-order chi connectivity index (χ1) is 15.5. The molecule has 0 bridgehead atoms. The van der Waals surface area contributed by atoms with Crippen molar-refractivity contribution in [2.75, 3.05) is 31.1 Å². The summed E-state index contributed by atoms with van der Waals surface area (Å²) >= 11 is 0. The van der Waals surface area contributed by atoms with Crippen molar-refractivity contribution in [2.24, 2.45) is 0 Å². The third kappa shape index (κ3) is 3.71. The molecule has 0 saturated carbocycles. The molecule has 164 valence electrons. The van der Waals surface area contributed by atoms with Crippen molar-refractivity contribution in [1.29, 1.82) is 0 Å². The third-order valence-electron chi connectivity index (χ3n) is 5.23. The van der Waals surface area contributed by atoms with Crippen molar-refractivity contribution in [3.63, 3.8) is 0 Å². The minimum Gasteiger partial charge on any atom is -0.354 e. The Balaban J connectivity index is 1.33. The number of nitrogens with zero attached hydrogens (tertiary/aromatic N) is 8. The highest BCUT2D eigenvalue weighted by Gasteiger charge is 2.30. The van der Waals surface area contributed by atoms with E-state index < -0.39 is 15.8 Å². The summed E-state index contributed by atoms with van der Waals surface area (Å²) in [5, 5.41) is 13.1.